The van der Waals surface area contributed by atoms with Crippen LogP contribution in [-0.2, 0) is 6.18 Å². The van der Waals surface area contributed by atoms with Crippen LogP contribution in [0.3, 0.4) is 0 Å². The summed E-state index contributed by atoms with van der Waals surface area (Å²) >= 11 is 0. The van der Waals surface area contributed by atoms with E-state index in [4.69, 9.17) is 5.26 Å². The van der Waals surface area contributed by atoms with Gasteiger partial charge in [0.1, 0.15) is 11.6 Å². The maximum absolute atomic E-state index is 13.3. The molecule has 0 atom stereocenters. The van der Waals surface area contributed by atoms with Gasteiger partial charge in [0.25, 0.3) is 0 Å². The standard InChI is InChI=1S/C19H20F3N5/c1-12-9-18(25-13(2)24-12)27-7-5-15(6-8-27)26-17-4-3-14(11-23)10-16(17)19(20,21)22/h3-4,9-10,15,26H,5-8H2,1-2H3. The first-order valence-corrected chi connectivity index (χ1v) is 8.71. The van der Waals surface area contributed by atoms with Crippen molar-refractivity contribution < 1.29 is 13.2 Å². The molecule has 5 nitrogen and oxygen atoms in total. The van der Waals surface area contributed by atoms with Gasteiger partial charge in [0.05, 0.1) is 17.2 Å². The highest BCUT2D eigenvalue weighted by Crippen LogP contribution is 2.36. The lowest BCUT2D eigenvalue weighted by molar-refractivity contribution is -0.137. The average molecular weight is 375 g/mol. The predicted octanol–water partition coefficient (Wildman–Crippen LogP) is 4.06. The average Bonchev–Trinajstić information content (AvgIpc) is 2.61. The highest BCUT2D eigenvalue weighted by atomic mass is 19.4. The SMILES string of the molecule is Cc1cc(N2CCC(Nc3ccc(C#N)cc3C(F)(F)F)CC2)nc(C)n1. The molecule has 0 aliphatic carbocycles. The number of anilines is 2. The van der Waals surface area contributed by atoms with Gasteiger partial charge in [-0.2, -0.15) is 18.4 Å². The summed E-state index contributed by atoms with van der Waals surface area (Å²) in [7, 11) is 0. The van der Waals surface area contributed by atoms with E-state index in [1.165, 1.54) is 12.1 Å². The van der Waals surface area contributed by atoms with E-state index in [0.717, 1.165) is 17.6 Å². The molecule has 0 unspecified atom stereocenters. The number of nitrogens with zero attached hydrogens (tertiary/aromatic N) is 4. The van der Waals surface area contributed by atoms with E-state index in [1.54, 1.807) is 6.07 Å². The molecule has 1 aliphatic rings. The molecule has 2 aromatic rings. The highest BCUT2D eigenvalue weighted by molar-refractivity contribution is 5.57. The fraction of sp³-hybridized carbons (Fsp3) is 0.421. The summed E-state index contributed by atoms with van der Waals surface area (Å²) in [6.07, 6.45) is -3.12. The fourth-order valence-corrected chi connectivity index (χ4v) is 3.31. The smallest absolute Gasteiger partial charge is 0.382 e. The first-order valence-electron chi connectivity index (χ1n) is 8.71. The molecule has 0 bridgehead atoms. The summed E-state index contributed by atoms with van der Waals surface area (Å²) in [5.74, 6) is 1.56. The van der Waals surface area contributed by atoms with E-state index in [1.807, 2.05) is 19.9 Å². The van der Waals surface area contributed by atoms with Crippen LogP contribution in [0.25, 0.3) is 0 Å². The van der Waals surface area contributed by atoms with Crippen LogP contribution in [0, 0.1) is 25.2 Å². The molecule has 0 saturated carbocycles. The van der Waals surface area contributed by atoms with Crippen LogP contribution >= 0.6 is 0 Å². The number of rotatable bonds is 3. The fourth-order valence-electron chi connectivity index (χ4n) is 3.31. The molecule has 2 heterocycles. The molecule has 1 N–H and O–H groups in total. The van der Waals surface area contributed by atoms with Crippen LogP contribution in [0.1, 0.15) is 35.5 Å². The van der Waals surface area contributed by atoms with Crippen molar-refractivity contribution in [2.45, 2.75) is 38.9 Å². The Morgan fingerprint density at radius 2 is 1.85 bits per heavy atom. The van der Waals surface area contributed by atoms with Gasteiger partial charge in [-0.3, -0.25) is 0 Å². The zero-order chi connectivity index (χ0) is 19.6. The van der Waals surface area contributed by atoms with Crippen LogP contribution in [0.15, 0.2) is 24.3 Å². The number of nitriles is 1. The summed E-state index contributed by atoms with van der Waals surface area (Å²) in [6, 6.07) is 7.24. The summed E-state index contributed by atoms with van der Waals surface area (Å²) in [6.45, 7) is 5.15. The number of aryl methyl sites for hydroxylation is 2. The van der Waals surface area contributed by atoms with Crippen molar-refractivity contribution in [3.05, 3.63) is 46.9 Å². The summed E-state index contributed by atoms with van der Waals surface area (Å²) in [5, 5.41) is 11.9. The number of nitrogens with one attached hydrogen (secondary N) is 1. The molecule has 1 saturated heterocycles. The molecule has 142 valence electrons. The summed E-state index contributed by atoms with van der Waals surface area (Å²) in [5.41, 5.74) is 0.113. The molecule has 27 heavy (non-hydrogen) atoms. The van der Waals surface area contributed by atoms with Gasteiger partial charge < -0.3 is 10.2 Å². The third-order valence-electron chi connectivity index (χ3n) is 4.59. The van der Waals surface area contributed by atoms with Crippen LogP contribution < -0.4 is 10.2 Å². The Balaban J connectivity index is 1.70. The normalized spacial score (nSPS) is 15.5. The summed E-state index contributed by atoms with van der Waals surface area (Å²) < 4.78 is 39.9. The lowest BCUT2D eigenvalue weighted by atomic mass is 10.0. The minimum atomic E-state index is -4.51. The third kappa shape index (κ3) is 4.48. The number of hydrogen-bond acceptors (Lipinski definition) is 5. The van der Waals surface area contributed by atoms with Gasteiger partial charge in [-0.15, -0.1) is 0 Å². The highest BCUT2D eigenvalue weighted by Gasteiger charge is 2.34. The number of hydrogen-bond donors (Lipinski definition) is 1. The second kappa shape index (κ2) is 7.43. The molecule has 3 rings (SSSR count). The lowest BCUT2D eigenvalue weighted by Gasteiger charge is -2.34. The van der Waals surface area contributed by atoms with E-state index < -0.39 is 11.7 Å². The number of aromatic nitrogens is 2. The van der Waals surface area contributed by atoms with Crippen molar-refractivity contribution in [2.24, 2.45) is 0 Å². The second-order valence-corrected chi connectivity index (χ2v) is 6.69. The minimum Gasteiger partial charge on any atom is -0.382 e. The number of alkyl halides is 3. The Morgan fingerprint density at radius 3 is 2.44 bits per heavy atom. The van der Waals surface area contributed by atoms with Crippen LogP contribution in [0.2, 0.25) is 0 Å². The second-order valence-electron chi connectivity index (χ2n) is 6.69. The Labute approximate surface area is 155 Å². The van der Waals surface area contributed by atoms with E-state index in [-0.39, 0.29) is 17.3 Å². The van der Waals surface area contributed by atoms with Gasteiger partial charge >= 0.3 is 6.18 Å². The van der Waals surface area contributed by atoms with Crippen LogP contribution in [0.5, 0.6) is 0 Å². The van der Waals surface area contributed by atoms with Gasteiger partial charge in [0.15, 0.2) is 0 Å². The third-order valence-corrected chi connectivity index (χ3v) is 4.59. The molecule has 0 spiro atoms. The molecular formula is C19H20F3N5. The predicted molar refractivity (Wildman–Crippen MR) is 96.5 cm³/mol. The maximum atomic E-state index is 13.3. The Kier molecular flexibility index (Phi) is 5.22. The molecule has 0 amide bonds. The largest absolute Gasteiger partial charge is 0.418 e. The molecule has 1 fully saturated rings. The van der Waals surface area contributed by atoms with Crippen molar-refractivity contribution in [1.82, 2.24) is 9.97 Å². The van der Waals surface area contributed by atoms with E-state index in [0.29, 0.717) is 31.8 Å². The first kappa shape index (κ1) is 19.0. The monoisotopic (exact) mass is 375 g/mol. The zero-order valence-electron chi connectivity index (χ0n) is 15.1. The first-order chi connectivity index (χ1) is 12.8. The van der Waals surface area contributed by atoms with Crippen molar-refractivity contribution in [3.8, 4) is 6.07 Å². The zero-order valence-corrected chi connectivity index (χ0v) is 15.1. The van der Waals surface area contributed by atoms with Crippen molar-refractivity contribution in [1.29, 1.82) is 5.26 Å². The van der Waals surface area contributed by atoms with Gasteiger partial charge in [-0.25, -0.2) is 9.97 Å². The van der Waals surface area contributed by atoms with E-state index in [9.17, 15) is 13.2 Å². The van der Waals surface area contributed by atoms with E-state index in [2.05, 4.69) is 20.2 Å². The van der Waals surface area contributed by atoms with Gasteiger partial charge in [-0.05, 0) is 44.9 Å². The van der Waals surface area contributed by atoms with Crippen molar-refractivity contribution in [2.75, 3.05) is 23.3 Å². The Hall–Kier alpha value is -2.82. The van der Waals surface area contributed by atoms with Crippen molar-refractivity contribution >= 4 is 11.5 Å². The van der Waals surface area contributed by atoms with E-state index >= 15 is 0 Å². The van der Waals surface area contributed by atoms with Crippen LogP contribution in [0.4, 0.5) is 24.7 Å². The number of halogens is 3. The van der Waals surface area contributed by atoms with Crippen molar-refractivity contribution in [3.63, 3.8) is 0 Å². The molecule has 0 radical (unpaired) electrons. The molecule has 1 aromatic carbocycles. The Bertz CT molecular complexity index is 844. The number of benzene rings is 1. The number of piperidine rings is 1. The molecule has 8 heteroatoms. The summed E-state index contributed by atoms with van der Waals surface area (Å²) in [4.78, 5) is 10.8. The quantitative estimate of drug-likeness (QED) is 0.876. The topological polar surface area (TPSA) is 64.8 Å². The minimum absolute atomic E-state index is 0.00260. The lowest BCUT2D eigenvalue weighted by Crippen LogP contribution is -2.40. The molecular weight excluding hydrogens is 355 g/mol. The van der Waals surface area contributed by atoms with Crippen LogP contribution in [-0.4, -0.2) is 29.1 Å². The van der Waals surface area contributed by atoms with Gasteiger partial charge in [0, 0.05) is 36.6 Å². The van der Waals surface area contributed by atoms with Gasteiger partial charge in [-0.1, -0.05) is 0 Å². The Morgan fingerprint density at radius 1 is 1.15 bits per heavy atom. The molecule has 1 aromatic heterocycles. The molecule has 1 aliphatic heterocycles. The van der Waals surface area contributed by atoms with Gasteiger partial charge in [0.2, 0.25) is 0 Å². The maximum Gasteiger partial charge on any atom is 0.418 e.